The van der Waals surface area contributed by atoms with Gasteiger partial charge in [0, 0.05) is 4.47 Å². The van der Waals surface area contributed by atoms with E-state index in [2.05, 4.69) is 20.9 Å². The highest BCUT2D eigenvalue weighted by atomic mass is 79.9. The fourth-order valence-corrected chi connectivity index (χ4v) is 1.91. The molecule has 2 rings (SSSR count). The molecule has 0 bridgehead atoms. The second-order valence-electron chi connectivity index (χ2n) is 3.57. The highest BCUT2D eigenvalue weighted by Gasteiger charge is 2.20. The number of aliphatic carboxylic acids is 1. The van der Waals surface area contributed by atoms with Crippen LogP contribution in [0.1, 0.15) is 0 Å². The third kappa shape index (κ3) is 2.79. The molecule has 0 amide bonds. The largest absolute Gasteiger partial charge is 0.479 e. The summed E-state index contributed by atoms with van der Waals surface area (Å²) in [6.45, 7) is -0.660. The molecule has 1 N–H and O–H groups in total. The number of benzene rings is 1. The van der Waals surface area contributed by atoms with E-state index in [0.717, 1.165) is 6.20 Å². The average Bonchev–Trinajstić information content (AvgIpc) is 2.35. The van der Waals surface area contributed by atoms with Crippen molar-refractivity contribution in [3.05, 3.63) is 39.0 Å². The third-order valence-electron chi connectivity index (χ3n) is 2.30. The number of hydrogen-bond donors (Lipinski definition) is 1. The molecule has 1 aromatic heterocycles. The van der Waals surface area contributed by atoms with Gasteiger partial charge in [-0.2, -0.15) is 0 Å². The van der Waals surface area contributed by atoms with Crippen molar-refractivity contribution in [2.24, 2.45) is 0 Å². The van der Waals surface area contributed by atoms with Gasteiger partial charge in [0.15, 0.2) is 6.61 Å². The van der Waals surface area contributed by atoms with E-state index in [1.165, 1.54) is 0 Å². The molecule has 0 radical (unpaired) electrons. The van der Waals surface area contributed by atoms with E-state index < -0.39 is 17.5 Å². The first-order chi connectivity index (χ1) is 8.99. The Morgan fingerprint density at radius 3 is 2.89 bits per heavy atom. The molecule has 98 valence electrons. The van der Waals surface area contributed by atoms with Crippen molar-refractivity contribution in [3.63, 3.8) is 0 Å². The number of nitro groups is 1. The highest BCUT2D eigenvalue weighted by Crippen LogP contribution is 2.35. The summed E-state index contributed by atoms with van der Waals surface area (Å²) in [6, 6.07) is 4.96. The number of nitrogens with zero attached hydrogens (tertiary/aromatic N) is 2. The van der Waals surface area contributed by atoms with E-state index in [0.29, 0.717) is 15.4 Å². The SMILES string of the molecule is O=C(O)COc1c([N+](=O)[O-])cnc2ccc(Br)cc12. The van der Waals surface area contributed by atoms with Crippen LogP contribution in [0, 0.1) is 10.1 Å². The number of fused-ring (bicyclic) bond motifs is 1. The fourth-order valence-electron chi connectivity index (χ4n) is 1.55. The molecule has 19 heavy (non-hydrogen) atoms. The second kappa shape index (κ2) is 5.19. The van der Waals surface area contributed by atoms with E-state index in [9.17, 15) is 14.9 Å². The molecular formula is C11H7BrN2O5. The Kier molecular flexibility index (Phi) is 3.61. The fraction of sp³-hybridized carbons (Fsp3) is 0.0909. The summed E-state index contributed by atoms with van der Waals surface area (Å²) in [4.78, 5) is 24.7. The highest BCUT2D eigenvalue weighted by molar-refractivity contribution is 9.10. The summed E-state index contributed by atoms with van der Waals surface area (Å²) < 4.78 is 5.71. The van der Waals surface area contributed by atoms with Gasteiger partial charge in [0.05, 0.1) is 15.8 Å². The lowest BCUT2D eigenvalue weighted by Crippen LogP contribution is -2.11. The van der Waals surface area contributed by atoms with Gasteiger partial charge in [-0.3, -0.25) is 10.1 Å². The predicted molar refractivity (Wildman–Crippen MR) is 69.2 cm³/mol. The molecule has 2 aromatic rings. The minimum Gasteiger partial charge on any atom is -0.479 e. The van der Waals surface area contributed by atoms with Gasteiger partial charge >= 0.3 is 11.7 Å². The molecule has 0 fully saturated rings. The molecule has 0 aliphatic carbocycles. The van der Waals surface area contributed by atoms with Crippen LogP contribution in [0.2, 0.25) is 0 Å². The van der Waals surface area contributed by atoms with Crippen LogP contribution in [-0.4, -0.2) is 27.6 Å². The zero-order valence-electron chi connectivity index (χ0n) is 9.37. The van der Waals surface area contributed by atoms with Gasteiger partial charge in [-0.1, -0.05) is 15.9 Å². The van der Waals surface area contributed by atoms with Crippen molar-refractivity contribution >= 4 is 38.5 Å². The third-order valence-corrected chi connectivity index (χ3v) is 2.79. The molecule has 0 unspecified atom stereocenters. The summed E-state index contributed by atoms with van der Waals surface area (Å²) in [5.74, 6) is -1.31. The maximum Gasteiger partial charge on any atom is 0.341 e. The van der Waals surface area contributed by atoms with Gasteiger partial charge in [0.2, 0.25) is 5.75 Å². The quantitative estimate of drug-likeness (QED) is 0.683. The smallest absolute Gasteiger partial charge is 0.341 e. The maximum absolute atomic E-state index is 10.9. The Morgan fingerprint density at radius 1 is 1.53 bits per heavy atom. The lowest BCUT2D eigenvalue weighted by Gasteiger charge is -2.07. The molecule has 0 aliphatic heterocycles. The summed E-state index contributed by atoms with van der Waals surface area (Å²) in [5.41, 5.74) is 0.112. The van der Waals surface area contributed by atoms with Crippen LogP contribution in [0.5, 0.6) is 5.75 Å². The van der Waals surface area contributed by atoms with Crippen molar-refractivity contribution in [3.8, 4) is 5.75 Å². The van der Waals surface area contributed by atoms with E-state index >= 15 is 0 Å². The van der Waals surface area contributed by atoms with Gasteiger partial charge in [-0.05, 0) is 18.2 Å². The van der Waals surface area contributed by atoms with Crippen LogP contribution in [0.25, 0.3) is 10.9 Å². The number of ether oxygens (including phenoxy) is 1. The lowest BCUT2D eigenvalue weighted by atomic mass is 10.2. The number of halogens is 1. The van der Waals surface area contributed by atoms with E-state index in [1.807, 2.05) is 0 Å². The molecule has 1 aromatic carbocycles. The molecule has 0 spiro atoms. The van der Waals surface area contributed by atoms with Crippen LogP contribution in [0.3, 0.4) is 0 Å². The Balaban J connectivity index is 2.64. The summed E-state index contributed by atoms with van der Waals surface area (Å²) in [5, 5.41) is 19.9. The Labute approximate surface area is 115 Å². The van der Waals surface area contributed by atoms with Crippen molar-refractivity contribution in [1.82, 2.24) is 4.98 Å². The lowest BCUT2D eigenvalue weighted by molar-refractivity contribution is -0.386. The number of rotatable bonds is 4. The summed E-state index contributed by atoms with van der Waals surface area (Å²) >= 11 is 3.24. The van der Waals surface area contributed by atoms with Crippen molar-refractivity contribution in [1.29, 1.82) is 0 Å². The first-order valence-corrected chi connectivity index (χ1v) is 5.85. The summed E-state index contributed by atoms with van der Waals surface area (Å²) in [6.07, 6.45) is 1.05. The van der Waals surface area contributed by atoms with Crippen LogP contribution in [-0.2, 0) is 4.79 Å². The molecule has 0 saturated heterocycles. The van der Waals surface area contributed by atoms with Crippen LogP contribution in [0.15, 0.2) is 28.9 Å². The average molecular weight is 327 g/mol. The Morgan fingerprint density at radius 2 is 2.26 bits per heavy atom. The van der Waals surface area contributed by atoms with Crippen molar-refractivity contribution in [2.45, 2.75) is 0 Å². The molecule has 0 atom stereocenters. The number of hydrogen-bond acceptors (Lipinski definition) is 5. The standard InChI is InChI=1S/C11H7BrN2O5/c12-6-1-2-8-7(3-6)11(19-5-10(15)16)9(4-13-8)14(17)18/h1-4H,5H2,(H,15,16). The monoisotopic (exact) mass is 326 g/mol. The second-order valence-corrected chi connectivity index (χ2v) is 4.49. The molecule has 0 aliphatic rings. The molecular weight excluding hydrogens is 320 g/mol. The van der Waals surface area contributed by atoms with Crippen LogP contribution >= 0.6 is 15.9 Å². The van der Waals surface area contributed by atoms with Gasteiger partial charge < -0.3 is 9.84 Å². The summed E-state index contributed by atoms with van der Waals surface area (Å²) in [7, 11) is 0. The van der Waals surface area contributed by atoms with Crippen molar-refractivity contribution < 1.29 is 19.6 Å². The molecule has 8 heteroatoms. The number of carboxylic acid groups (broad SMARTS) is 1. The number of carbonyl (C=O) groups is 1. The molecule has 1 heterocycles. The van der Waals surface area contributed by atoms with Gasteiger partial charge in [-0.25, -0.2) is 9.78 Å². The maximum atomic E-state index is 10.9. The molecule has 7 nitrogen and oxygen atoms in total. The zero-order chi connectivity index (χ0) is 14.0. The van der Waals surface area contributed by atoms with Crippen LogP contribution < -0.4 is 4.74 Å². The van der Waals surface area contributed by atoms with Gasteiger partial charge in [-0.15, -0.1) is 0 Å². The van der Waals surface area contributed by atoms with Crippen LogP contribution in [0.4, 0.5) is 5.69 Å². The number of aromatic nitrogens is 1. The number of carboxylic acids is 1. The predicted octanol–water partition coefficient (Wildman–Crippen LogP) is 2.37. The Hall–Kier alpha value is -2.22. The zero-order valence-corrected chi connectivity index (χ0v) is 11.0. The van der Waals surface area contributed by atoms with Gasteiger partial charge in [0.1, 0.15) is 6.20 Å². The first kappa shape index (κ1) is 13.2. The first-order valence-electron chi connectivity index (χ1n) is 5.06. The van der Waals surface area contributed by atoms with E-state index in [1.54, 1.807) is 18.2 Å². The number of pyridine rings is 1. The minimum absolute atomic E-state index is 0.0984. The topological polar surface area (TPSA) is 103 Å². The normalized spacial score (nSPS) is 10.4. The van der Waals surface area contributed by atoms with Gasteiger partial charge in [0.25, 0.3) is 0 Å². The molecule has 0 saturated carbocycles. The Bertz CT molecular complexity index is 673. The van der Waals surface area contributed by atoms with Crippen molar-refractivity contribution in [2.75, 3.05) is 6.61 Å². The van der Waals surface area contributed by atoms with E-state index in [4.69, 9.17) is 9.84 Å². The van der Waals surface area contributed by atoms with E-state index in [-0.39, 0.29) is 11.4 Å². The minimum atomic E-state index is -1.21.